The zero-order valence-corrected chi connectivity index (χ0v) is 24.7. The van der Waals surface area contributed by atoms with Crippen molar-refractivity contribution in [2.45, 2.75) is 37.8 Å². The van der Waals surface area contributed by atoms with Gasteiger partial charge in [-0.1, -0.05) is 48.5 Å². The van der Waals surface area contributed by atoms with Crippen LogP contribution in [0.5, 0.6) is 0 Å². The number of nitrogens with zero attached hydrogens (tertiary/aromatic N) is 1. The molecule has 0 saturated carbocycles. The van der Waals surface area contributed by atoms with Gasteiger partial charge in [-0.2, -0.15) is 0 Å². The maximum Gasteiger partial charge on any atom is 0.334 e. The number of halogens is 2. The van der Waals surface area contributed by atoms with Gasteiger partial charge < -0.3 is 20.8 Å². The summed E-state index contributed by atoms with van der Waals surface area (Å²) in [6.07, 6.45) is 3.84. The van der Waals surface area contributed by atoms with Crippen LogP contribution in [0.3, 0.4) is 0 Å². The number of fused-ring (bicyclic) bond motifs is 2. The first-order valence-electron chi connectivity index (χ1n) is 14.9. The van der Waals surface area contributed by atoms with Gasteiger partial charge in [-0.25, -0.2) is 18.4 Å². The van der Waals surface area contributed by atoms with E-state index in [1.165, 1.54) is 39.8 Å². The van der Waals surface area contributed by atoms with Crippen LogP contribution in [-0.2, 0) is 11.3 Å². The molecule has 234 valence electrons. The Balaban J connectivity index is 1.24. The van der Waals surface area contributed by atoms with E-state index in [1.54, 1.807) is 12.1 Å². The van der Waals surface area contributed by atoms with E-state index in [1.807, 2.05) is 24.3 Å². The van der Waals surface area contributed by atoms with E-state index in [0.29, 0.717) is 17.2 Å². The summed E-state index contributed by atoms with van der Waals surface area (Å²) in [5, 5.41) is 23.2. The lowest BCUT2D eigenvalue weighted by Crippen LogP contribution is -2.36. The molecule has 0 spiro atoms. The van der Waals surface area contributed by atoms with Crippen molar-refractivity contribution in [3.63, 3.8) is 0 Å². The zero-order chi connectivity index (χ0) is 32.4. The average Bonchev–Trinajstić information content (AvgIpc) is 3.28. The highest BCUT2D eigenvalue weighted by Crippen LogP contribution is 2.45. The van der Waals surface area contributed by atoms with E-state index < -0.39 is 42.2 Å². The number of amides is 3. The molecule has 7 rings (SSSR count). The van der Waals surface area contributed by atoms with Crippen LogP contribution < -0.4 is 15.5 Å². The molecule has 2 atom stereocenters. The Labute approximate surface area is 264 Å². The van der Waals surface area contributed by atoms with Crippen LogP contribution in [0.25, 0.3) is 16.7 Å². The Morgan fingerprint density at radius 2 is 1.63 bits per heavy atom. The number of aliphatic hydroxyl groups excluding tert-OH is 1. The van der Waals surface area contributed by atoms with Gasteiger partial charge in [-0.05, 0) is 95.0 Å². The minimum absolute atomic E-state index is 0.0744. The fraction of sp³-hybridized carbons (Fsp3) is 0.194. The lowest BCUT2D eigenvalue weighted by Gasteiger charge is -2.24. The molecule has 3 aliphatic rings. The van der Waals surface area contributed by atoms with Gasteiger partial charge >= 0.3 is 12.0 Å². The van der Waals surface area contributed by atoms with Crippen molar-refractivity contribution in [2.24, 2.45) is 0 Å². The van der Waals surface area contributed by atoms with Gasteiger partial charge in [0.15, 0.2) is 17.7 Å². The second-order valence-electron chi connectivity index (χ2n) is 11.5. The Morgan fingerprint density at radius 3 is 2.30 bits per heavy atom. The number of rotatable bonds is 9. The number of carboxylic acid groups (broad SMARTS) is 1. The van der Waals surface area contributed by atoms with Crippen LogP contribution in [0.2, 0.25) is 0 Å². The fourth-order valence-electron chi connectivity index (χ4n) is 5.93. The maximum absolute atomic E-state index is 13.9. The molecule has 8 nitrogen and oxygen atoms in total. The van der Waals surface area contributed by atoms with Gasteiger partial charge in [0.05, 0.1) is 13.1 Å². The van der Waals surface area contributed by atoms with Crippen molar-refractivity contribution in [3.05, 3.63) is 125 Å². The molecule has 0 aromatic heterocycles. The molecule has 10 heteroatoms. The first-order valence-corrected chi connectivity index (χ1v) is 14.9. The smallest absolute Gasteiger partial charge is 0.334 e. The number of benzene rings is 4. The van der Waals surface area contributed by atoms with Crippen molar-refractivity contribution in [2.75, 3.05) is 16.8 Å². The normalized spacial score (nSPS) is 15.4. The maximum atomic E-state index is 13.9. The van der Waals surface area contributed by atoms with E-state index in [0.717, 1.165) is 42.5 Å². The average molecular weight is 624 g/mol. The van der Waals surface area contributed by atoms with Crippen molar-refractivity contribution < 1.29 is 33.4 Å². The Hall–Kier alpha value is -5.35. The molecule has 4 aromatic rings. The lowest BCUT2D eigenvalue weighted by molar-refractivity contribution is -0.146. The van der Waals surface area contributed by atoms with Crippen LogP contribution in [0.4, 0.5) is 25.0 Å². The van der Waals surface area contributed by atoms with Crippen molar-refractivity contribution >= 4 is 34.9 Å². The number of hydrogen-bond acceptors (Lipinski definition) is 4. The van der Waals surface area contributed by atoms with Gasteiger partial charge in [-0.15, -0.1) is 0 Å². The predicted octanol–water partition coefficient (Wildman–Crippen LogP) is 6.71. The minimum atomic E-state index is -1.73. The second-order valence-corrected chi connectivity index (χ2v) is 11.5. The first-order chi connectivity index (χ1) is 22.2. The number of urea groups is 1. The molecule has 4 N–H and O–H groups in total. The Bertz CT molecular complexity index is 1840. The number of nitrogens with one attached hydrogen (secondary N) is 2. The Morgan fingerprint density at radius 1 is 0.891 bits per heavy atom. The largest absolute Gasteiger partial charge is 0.479 e. The number of allylic oxidation sites excluding steroid dienone is 2. The lowest BCUT2D eigenvalue weighted by atomic mass is 9.85. The van der Waals surface area contributed by atoms with E-state index in [9.17, 15) is 28.3 Å². The summed E-state index contributed by atoms with van der Waals surface area (Å²) >= 11 is 0. The van der Waals surface area contributed by atoms with Gasteiger partial charge in [-0.3, -0.25) is 9.69 Å². The van der Waals surface area contributed by atoms with E-state index in [2.05, 4.69) is 34.9 Å². The summed E-state index contributed by atoms with van der Waals surface area (Å²) in [4.78, 5) is 38.3. The number of aliphatic carboxylic acids is 1. The number of carbonyl (C=O) groups excluding carboxylic acids is 2. The van der Waals surface area contributed by atoms with Crippen LogP contribution in [-0.4, -0.2) is 40.8 Å². The summed E-state index contributed by atoms with van der Waals surface area (Å²) in [6.45, 7) is -0.376. The minimum Gasteiger partial charge on any atom is -0.479 e. The van der Waals surface area contributed by atoms with Crippen LogP contribution in [0.1, 0.15) is 52.2 Å². The van der Waals surface area contributed by atoms with Crippen molar-refractivity contribution in [1.29, 1.82) is 0 Å². The molecule has 4 bridgehead atoms. The quantitative estimate of drug-likeness (QED) is 0.165. The molecule has 0 heterocycles. The molecule has 0 radical (unpaired) electrons. The van der Waals surface area contributed by atoms with E-state index >= 15 is 0 Å². The SMILES string of the molecule is O=C(NC[C@@H](O)C(=O)O)c1ccc(CN(C(=O)Nc2ccc(F)c(F)c2)c2ccc(-c3ccc4cc3[C@H]3CC=C4CC3)cc2)cc1. The summed E-state index contributed by atoms with van der Waals surface area (Å²) in [5.41, 5.74) is 7.71. The summed E-state index contributed by atoms with van der Waals surface area (Å²) < 4.78 is 27.4. The summed E-state index contributed by atoms with van der Waals surface area (Å²) in [7, 11) is 0. The molecule has 3 aliphatic carbocycles. The molecule has 0 unspecified atom stereocenters. The molecule has 46 heavy (non-hydrogen) atoms. The van der Waals surface area contributed by atoms with Gasteiger partial charge in [0.25, 0.3) is 5.91 Å². The van der Waals surface area contributed by atoms with Crippen LogP contribution in [0, 0.1) is 11.6 Å². The topological polar surface area (TPSA) is 119 Å². The highest BCUT2D eigenvalue weighted by atomic mass is 19.2. The number of hydrogen-bond donors (Lipinski definition) is 4. The molecule has 0 fully saturated rings. The number of carbonyl (C=O) groups is 3. The van der Waals surface area contributed by atoms with Crippen molar-refractivity contribution in [3.8, 4) is 11.1 Å². The highest BCUT2D eigenvalue weighted by molar-refractivity contribution is 6.02. The standard InChI is InChI=1S/C36H31F2N3O5/c37-31-16-12-27(18-32(31)38)40-36(46)41(20-21-1-3-25(4-2-21)34(43)39-19-33(42)35(44)45)28-13-9-23(10-14-28)29-15-11-26-17-30(29)24-7-5-22(26)6-8-24/h1-5,9-18,24,33,42H,6-8,19-20H2,(H,39,43)(H,40,46)(H,44,45)/t24-,33+/m0/s1. The summed E-state index contributed by atoms with van der Waals surface area (Å²) in [6, 6.07) is 23.1. The molecule has 0 saturated heterocycles. The third kappa shape index (κ3) is 6.52. The van der Waals surface area contributed by atoms with Crippen molar-refractivity contribution in [1.82, 2.24) is 5.32 Å². The Kier molecular flexibility index (Phi) is 8.63. The van der Waals surface area contributed by atoms with E-state index in [4.69, 9.17) is 5.11 Å². The zero-order valence-electron chi connectivity index (χ0n) is 24.7. The highest BCUT2D eigenvalue weighted by Gasteiger charge is 2.25. The fourth-order valence-corrected chi connectivity index (χ4v) is 5.93. The summed E-state index contributed by atoms with van der Waals surface area (Å²) in [5.74, 6) is -3.67. The number of anilines is 2. The second kappa shape index (κ2) is 12.9. The monoisotopic (exact) mass is 623 g/mol. The number of carboxylic acids is 1. The predicted molar refractivity (Wildman–Crippen MR) is 170 cm³/mol. The van der Waals surface area contributed by atoms with Gasteiger partial charge in [0.2, 0.25) is 0 Å². The van der Waals surface area contributed by atoms with Gasteiger partial charge in [0, 0.05) is 23.0 Å². The number of aliphatic hydroxyl groups is 1. The van der Waals surface area contributed by atoms with Crippen LogP contribution in [0.15, 0.2) is 91.0 Å². The molecular formula is C36H31F2N3O5. The van der Waals surface area contributed by atoms with E-state index in [-0.39, 0.29) is 17.8 Å². The van der Waals surface area contributed by atoms with Crippen LogP contribution >= 0.6 is 0 Å². The molecular weight excluding hydrogens is 592 g/mol. The molecule has 4 aromatic carbocycles. The molecule has 3 amide bonds. The molecule has 0 aliphatic heterocycles. The third-order valence-electron chi connectivity index (χ3n) is 8.48. The van der Waals surface area contributed by atoms with Gasteiger partial charge in [0.1, 0.15) is 0 Å². The first kappa shape index (κ1) is 30.7. The third-order valence-corrected chi connectivity index (χ3v) is 8.48.